The molecule has 0 saturated carbocycles. The molecule has 1 aliphatic rings. The smallest absolute Gasteiger partial charge is 0.162 e. The molecule has 1 saturated heterocycles. The predicted molar refractivity (Wildman–Crippen MR) is 70.1 cm³/mol. The van der Waals surface area contributed by atoms with Crippen LogP contribution in [0.1, 0.15) is 19.3 Å². The van der Waals surface area contributed by atoms with E-state index in [1.807, 2.05) is 0 Å². The minimum atomic E-state index is -0.882. The Morgan fingerprint density at radius 2 is 1.95 bits per heavy atom. The molecule has 5 heteroatoms. The van der Waals surface area contributed by atoms with Crippen LogP contribution in [0.25, 0.3) is 0 Å². The molecule has 106 valence electrons. The summed E-state index contributed by atoms with van der Waals surface area (Å²) in [4.78, 5) is 2.37. The summed E-state index contributed by atoms with van der Waals surface area (Å²) >= 11 is 0. The Kier molecular flexibility index (Phi) is 5.10. The number of halogens is 2. The number of rotatable bonds is 6. The van der Waals surface area contributed by atoms with E-state index in [9.17, 15) is 8.78 Å². The molecule has 0 spiro atoms. The minimum absolute atomic E-state index is 0.313. The van der Waals surface area contributed by atoms with Crippen molar-refractivity contribution in [3.63, 3.8) is 0 Å². The molecule has 1 unspecified atom stereocenters. The number of nitrogens with zero attached hydrogens (tertiary/aromatic N) is 1. The molecular weight excluding hydrogens is 250 g/mol. The third kappa shape index (κ3) is 3.88. The molecule has 1 fully saturated rings. The SMILES string of the molecule is NCC(CCOc1ccc(F)c(F)c1)N1CCCC1. The van der Waals surface area contributed by atoms with Crippen LogP contribution in [0.2, 0.25) is 0 Å². The van der Waals surface area contributed by atoms with Crippen molar-refractivity contribution < 1.29 is 13.5 Å². The molecule has 0 aromatic heterocycles. The summed E-state index contributed by atoms with van der Waals surface area (Å²) in [5.74, 6) is -1.38. The molecular formula is C14H20F2N2O. The molecule has 1 aromatic rings. The van der Waals surface area contributed by atoms with Crippen LogP contribution in [-0.2, 0) is 0 Å². The first kappa shape index (κ1) is 14.2. The third-order valence-corrected chi connectivity index (χ3v) is 3.54. The fraction of sp³-hybridized carbons (Fsp3) is 0.571. The Labute approximate surface area is 112 Å². The van der Waals surface area contributed by atoms with Crippen LogP contribution < -0.4 is 10.5 Å². The molecule has 3 nitrogen and oxygen atoms in total. The van der Waals surface area contributed by atoms with Gasteiger partial charge >= 0.3 is 0 Å². The molecule has 2 rings (SSSR count). The molecule has 1 heterocycles. The van der Waals surface area contributed by atoms with E-state index in [1.54, 1.807) is 0 Å². The molecule has 1 aliphatic heterocycles. The van der Waals surface area contributed by atoms with Crippen molar-refractivity contribution in [2.45, 2.75) is 25.3 Å². The van der Waals surface area contributed by atoms with Crippen molar-refractivity contribution in [1.82, 2.24) is 4.90 Å². The first-order valence-electron chi connectivity index (χ1n) is 6.72. The van der Waals surface area contributed by atoms with Crippen molar-refractivity contribution in [3.8, 4) is 5.75 Å². The molecule has 0 radical (unpaired) electrons. The second kappa shape index (κ2) is 6.82. The summed E-state index contributed by atoms with van der Waals surface area (Å²) < 4.78 is 31.2. The quantitative estimate of drug-likeness (QED) is 0.861. The highest BCUT2D eigenvalue weighted by atomic mass is 19.2. The average Bonchev–Trinajstić information content (AvgIpc) is 2.92. The third-order valence-electron chi connectivity index (χ3n) is 3.54. The van der Waals surface area contributed by atoms with Gasteiger partial charge in [-0.2, -0.15) is 0 Å². The fourth-order valence-electron chi connectivity index (χ4n) is 2.44. The van der Waals surface area contributed by atoms with Gasteiger partial charge in [0.05, 0.1) is 6.61 Å². The predicted octanol–water partition coefficient (Wildman–Crippen LogP) is 2.16. The minimum Gasteiger partial charge on any atom is -0.493 e. The number of hydrogen-bond donors (Lipinski definition) is 1. The van der Waals surface area contributed by atoms with E-state index in [4.69, 9.17) is 10.5 Å². The fourth-order valence-corrected chi connectivity index (χ4v) is 2.44. The number of nitrogens with two attached hydrogens (primary N) is 1. The Bertz CT molecular complexity index is 408. The lowest BCUT2D eigenvalue weighted by Crippen LogP contribution is -2.39. The van der Waals surface area contributed by atoms with E-state index in [2.05, 4.69) is 4.90 Å². The summed E-state index contributed by atoms with van der Waals surface area (Å²) in [7, 11) is 0. The zero-order chi connectivity index (χ0) is 13.7. The highest BCUT2D eigenvalue weighted by Crippen LogP contribution is 2.17. The van der Waals surface area contributed by atoms with Crippen molar-refractivity contribution in [1.29, 1.82) is 0 Å². The molecule has 0 amide bonds. The van der Waals surface area contributed by atoms with Crippen LogP contribution in [0.15, 0.2) is 18.2 Å². The Morgan fingerprint density at radius 3 is 2.58 bits per heavy atom. The summed E-state index contributed by atoms with van der Waals surface area (Å²) in [5, 5.41) is 0. The van der Waals surface area contributed by atoms with E-state index in [0.717, 1.165) is 31.6 Å². The number of likely N-dealkylation sites (tertiary alicyclic amines) is 1. The summed E-state index contributed by atoms with van der Waals surface area (Å²) in [5.41, 5.74) is 5.77. The van der Waals surface area contributed by atoms with Crippen LogP contribution in [0.4, 0.5) is 8.78 Å². The average molecular weight is 270 g/mol. The van der Waals surface area contributed by atoms with Crippen LogP contribution >= 0.6 is 0 Å². The lowest BCUT2D eigenvalue weighted by molar-refractivity contribution is 0.197. The first-order valence-corrected chi connectivity index (χ1v) is 6.72. The lowest BCUT2D eigenvalue weighted by Gasteiger charge is -2.26. The largest absolute Gasteiger partial charge is 0.493 e. The number of ether oxygens (including phenoxy) is 1. The number of hydrogen-bond acceptors (Lipinski definition) is 3. The summed E-state index contributed by atoms with van der Waals surface area (Å²) in [6.45, 7) is 3.24. The maximum atomic E-state index is 13.0. The van der Waals surface area contributed by atoms with Crippen molar-refractivity contribution in [3.05, 3.63) is 29.8 Å². The summed E-state index contributed by atoms with van der Waals surface area (Å²) in [6, 6.07) is 3.90. The van der Waals surface area contributed by atoms with Crippen molar-refractivity contribution in [2.75, 3.05) is 26.2 Å². The standard InChI is InChI=1S/C14H20F2N2O/c15-13-4-3-12(9-14(13)16)19-8-5-11(10-17)18-6-1-2-7-18/h3-4,9,11H,1-2,5-8,10,17H2. The van der Waals surface area contributed by atoms with Gasteiger partial charge < -0.3 is 10.5 Å². The molecule has 1 aromatic carbocycles. The van der Waals surface area contributed by atoms with E-state index in [0.29, 0.717) is 24.9 Å². The highest BCUT2D eigenvalue weighted by molar-refractivity contribution is 5.23. The zero-order valence-electron chi connectivity index (χ0n) is 10.9. The second-order valence-electron chi connectivity index (χ2n) is 4.85. The van der Waals surface area contributed by atoms with E-state index in [-0.39, 0.29) is 0 Å². The molecule has 2 N–H and O–H groups in total. The Morgan fingerprint density at radius 1 is 1.21 bits per heavy atom. The van der Waals surface area contributed by atoms with Crippen LogP contribution in [0, 0.1) is 11.6 Å². The van der Waals surface area contributed by atoms with Crippen LogP contribution in [0.5, 0.6) is 5.75 Å². The van der Waals surface area contributed by atoms with Gasteiger partial charge in [-0.25, -0.2) is 8.78 Å². The van der Waals surface area contributed by atoms with Crippen LogP contribution in [-0.4, -0.2) is 37.2 Å². The van der Waals surface area contributed by atoms with Gasteiger partial charge in [-0.15, -0.1) is 0 Å². The summed E-state index contributed by atoms with van der Waals surface area (Å²) in [6.07, 6.45) is 3.25. The van der Waals surface area contributed by atoms with Gasteiger partial charge in [0.15, 0.2) is 11.6 Å². The van der Waals surface area contributed by atoms with E-state index >= 15 is 0 Å². The van der Waals surface area contributed by atoms with Crippen molar-refractivity contribution >= 4 is 0 Å². The zero-order valence-corrected chi connectivity index (χ0v) is 10.9. The van der Waals surface area contributed by atoms with Gasteiger partial charge in [0.2, 0.25) is 0 Å². The molecule has 0 bridgehead atoms. The lowest BCUT2D eigenvalue weighted by atomic mass is 10.2. The van der Waals surface area contributed by atoms with Gasteiger partial charge in [-0.1, -0.05) is 0 Å². The van der Waals surface area contributed by atoms with Gasteiger partial charge in [0, 0.05) is 18.7 Å². The molecule has 0 aliphatic carbocycles. The van der Waals surface area contributed by atoms with Crippen LogP contribution in [0.3, 0.4) is 0 Å². The highest BCUT2D eigenvalue weighted by Gasteiger charge is 2.20. The van der Waals surface area contributed by atoms with E-state index < -0.39 is 11.6 Å². The van der Waals surface area contributed by atoms with E-state index in [1.165, 1.54) is 18.9 Å². The Balaban J connectivity index is 1.79. The van der Waals surface area contributed by atoms with Gasteiger partial charge in [-0.3, -0.25) is 4.90 Å². The van der Waals surface area contributed by atoms with Gasteiger partial charge in [0.1, 0.15) is 5.75 Å². The molecule has 19 heavy (non-hydrogen) atoms. The number of benzene rings is 1. The van der Waals surface area contributed by atoms with Gasteiger partial charge in [0.25, 0.3) is 0 Å². The maximum absolute atomic E-state index is 13.0. The monoisotopic (exact) mass is 270 g/mol. The maximum Gasteiger partial charge on any atom is 0.162 e. The van der Waals surface area contributed by atoms with Crippen molar-refractivity contribution in [2.24, 2.45) is 5.73 Å². The molecule has 1 atom stereocenters. The Hall–Kier alpha value is -1.20. The normalized spacial score (nSPS) is 17.6. The first-order chi connectivity index (χ1) is 9.20. The van der Waals surface area contributed by atoms with Gasteiger partial charge in [-0.05, 0) is 44.5 Å². The second-order valence-corrected chi connectivity index (χ2v) is 4.85. The topological polar surface area (TPSA) is 38.5 Å².